The molecule has 0 amide bonds. The molecule has 2 rings (SSSR count). The summed E-state index contributed by atoms with van der Waals surface area (Å²) in [5.74, 6) is 0.306. The summed E-state index contributed by atoms with van der Waals surface area (Å²) in [7, 11) is -3.88. The summed E-state index contributed by atoms with van der Waals surface area (Å²) in [4.78, 5) is 4.06. The Kier molecular flexibility index (Phi) is 5.01. The SMILES string of the molecule is CCCc1ccc(OS(=O)(=O)n2cnc(CCC)c2)cc1. The lowest BCUT2D eigenvalue weighted by Gasteiger charge is -2.07. The van der Waals surface area contributed by atoms with Gasteiger partial charge >= 0.3 is 10.3 Å². The van der Waals surface area contributed by atoms with Crippen LogP contribution >= 0.6 is 0 Å². The Balaban J connectivity index is 2.12. The van der Waals surface area contributed by atoms with Gasteiger partial charge in [0.25, 0.3) is 0 Å². The molecule has 21 heavy (non-hydrogen) atoms. The largest absolute Gasteiger partial charge is 0.414 e. The first-order valence-electron chi connectivity index (χ1n) is 7.12. The third-order valence-corrected chi connectivity index (χ3v) is 4.16. The average Bonchev–Trinajstić information content (AvgIpc) is 2.91. The van der Waals surface area contributed by atoms with Gasteiger partial charge in [0.1, 0.15) is 12.1 Å². The fraction of sp³-hybridized carbons (Fsp3) is 0.400. The predicted molar refractivity (Wildman–Crippen MR) is 81.6 cm³/mol. The molecule has 5 nitrogen and oxygen atoms in total. The number of benzene rings is 1. The Labute approximate surface area is 125 Å². The van der Waals surface area contributed by atoms with Crippen LogP contribution in [0.25, 0.3) is 0 Å². The second-order valence-corrected chi connectivity index (χ2v) is 6.32. The normalized spacial score (nSPS) is 11.5. The molecule has 1 heterocycles. The molecule has 6 heteroatoms. The zero-order valence-corrected chi connectivity index (χ0v) is 13.1. The predicted octanol–water partition coefficient (Wildman–Crippen LogP) is 2.96. The molecule has 1 aromatic heterocycles. The second-order valence-electron chi connectivity index (χ2n) is 4.88. The van der Waals surface area contributed by atoms with Crippen molar-refractivity contribution in [2.24, 2.45) is 0 Å². The first-order valence-corrected chi connectivity index (χ1v) is 8.48. The summed E-state index contributed by atoms with van der Waals surface area (Å²) in [5, 5.41) is 0. The van der Waals surface area contributed by atoms with Crippen LogP contribution in [-0.2, 0) is 23.1 Å². The highest BCUT2D eigenvalue weighted by atomic mass is 32.2. The molecule has 0 aliphatic rings. The van der Waals surface area contributed by atoms with E-state index in [2.05, 4.69) is 11.9 Å². The molecular formula is C15H20N2O3S. The van der Waals surface area contributed by atoms with E-state index in [1.807, 2.05) is 19.1 Å². The molecule has 0 unspecified atom stereocenters. The number of hydrogen-bond acceptors (Lipinski definition) is 4. The quantitative estimate of drug-likeness (QED) is 0.789. The maximum atomic E-state index is 12.1. The van der Waals surface area contributed by atoms with Crippen LogP contribution in [0.15, 0.2) is 36.8 Å². The standard InChI is InChI=1S/C15H20N2O3S/c1-3-5-13-7-9-15(10-8-13)20-21(18,19)17-11-14(6-4-2)16-12-17/h7-12H,3-6H2,1-2H3. The molecule has 0 atom stereocenters. The van der Waals surface area contributed by atoms with E-state index in [0.717, 1.165) is 40.9 Å². The molecule has 0 saturated carbocycles. The maximum absolute atomic E-state index is 12.1. The average molecular weight is 308 g/mol. The van der Waals surface area contributed by atoms with Gasteiger partial charge in [0.15, 0.2) is 0 Å². The van der Waals surface area contributed by atoms with Crippen molar-refractivity contribution in [2.75, 3.05) is 0 Å². The Hall–Kier alpha value is -1.82. The minimum atomic E-state index is -3.88. The van der Waals surface area contributed by atoms with E-state index in [0.29, 0.717) is 5.75 Å². The number of imidazole rings is 1. The fourth-order valence-electron chi connectivity index (χ4n) is 2.02. The van der Waals surface area contributed by atoms with Gasteiger partial charge in [-0.15, -0.1) is 0 Å². The lowest BCUT2D eigenvalue weighted by atomic mass is 10.1. The monoisotopic (exact) mass is 308 g/mol. The molecule has 0 bridgehead atoms. The van der Waals surface area contributed by atoms with Gasteiger partial charge in [-0.05, 0) is 30.5 Å². The highest BCUT2D eigenvalue weighted by Crippen LogP contribution is 2.16. The Morgan fingerprint density at radius 2 is 1.76 bits per heavy atom. The van der Waals surface area contributed by atoms with Crippen molar-refractivity contribution in [3.63, 3.8) is 0 Å². The summed E-state index contributed by atoms with van der Waals surface area (Å²) >= 11 is 0. The number of nitrogens with zero attached hydrogens (tertiary/aromatic N) is 2. The van der Waals surface area contributed by atoms with Crippen molar-refractivity contribution in [1.82, 2.24) is 8.96 Å². The Morgan fingerprint density at radius 3 is 2.38 bits per heavy atom. The van der Waals surface area contributed by atoms with Crippen LogP contribution in [0.2, 0.25) is 0 Å². The van der Waals surface area contributed by atoms with Gasteiger partial charge in [0.2, 0.25) is 0 Å². The van der Waals surface area contributed by atoms with Gasteiger partial charge in [-0.2, -0.15) is 8.42 Å². The van der Waals surface area contributed by atoms with Gasteiger partial charge in [0.05, 0.1) is 5.69 Å². The van der Waals surface area contributed by atoms with Crippen LogP contribution in [0.3, 0.4) is 0 Å². The van der Waals surface area contributed by atoms with Gasteiger partial charge in [-0.3, -0.25) is 0 Å². The third-order valence-electron chi connectivity index (χ3n) is 3.04. The van der Waals surface area contributed by atoms with Gasteiger partial charge in [-0.25, -0.2) is 8.96 Å². The van der Waals surface area contributed by atoms with Crippen molar-refractivity contribution in [3.05, 3.63) is 48.0 Å². The van der Waals surface area contributed by atoms with Crippen molar-refractivity contribution < 1.29 is 12.6 Å². The van der Waals surface area contributed by atoms with Crippen molar-refractivity contribution in [3.8, 4) is 5.75 Å². The van der Waals surface area contributed by atoms with E-state index in [-0.39, 0.29) is 0 Å². The van der Waals surface area contributed by atoms with E-state index in [4.69, 9.17) is 4.18 Å². The smallest absolute Gasteiger partial charge is 0.366 e. The number of aromatic nitrogens is 2. The molecule has 0 radical (unpaired) electrons. The van der Waals surface area contributed by atoms with Crippen molar-refractivity contribution in [2.45, 2.75) is 39.5 Å². The van der Waals surface area contributed by atoms with Gasteiger partial charge in [-0.1, -0.05) is 38.8 Å². The maximum Gasteiger partial charge on any atom is 0.414 e. The van der Waals surface area contributed by atoms with Crippen LogP contribution in [-0.4, -0.2) is 17.4 Å². The topological polar surface area (TPSA) is 61.2 Å². The number of rotatable bonds is 7. The fourth-order valence-corrected chi connectivity index (χ4v) is 2.87. The lowest BCUT2D eigenvalue weighted by Crippen LogP contribution is -2.17. The number of hydrogen-bond donors (Lipinski definition) is 0. The van der Waals surface area contributed by atoms with Crippen LogP contribution in [0.1, 0.15) is 37.9 Å². The molecule has 0 aliphatic heterocycles. The lowest BCUT2D eigenvalue weighted by molar-refractivity contribution is 0.475. The first kappa shape index (κ1) is 15.6. The molecular weight excluding hydrogens is 288 g/mol. The molecule has 1 aromatic carbocycles. The highest BCUT2D eigenvalue weighted by Gasteiger charge is 2.16. The van der Waals surface area contributed by atoms with Crippen LogP contribution in [0, 0.1) is 0 Å². The number of aryl methyl sites for hydroxylation is 2. The molecule has 0 saturated heterocycles. The molecule has 0 fully saturated rings. The molecule has 0 N–H and O–H groups in total. The molecule has 0 spiro atoms. The van der Waals surface area contributed by atoms with Crippen molar-refractivity contribution in [1.29, 1.82) is 0 Å². The van der Waals surface area contributed by atoms with E-state index >= 15 is 0 Å². The van der Waals surface area contributed by atoms with Gasteiger partial charge < -0.3 is 4.18 Å². The van der Waals surface area contributed by atoms with Gasteiger partial charge in [0, 0.05) is 6.20 Å². The summed E-state index contributed by atoms with van der Waals surface area (Å²) in [6, 6.07) is 7.11. The van der Waals surface area contributed by atoms with E-state index in [9.17, 15) is 8.42 Å². The molecule has 0 aliphatic carbocycles. The van der Waals surface area contributed by atoms with E-state index < -0.39 is 10.3 Å². The Morgan fingerprint density at radius 1 is 1.10 bits per heavy atom. The zero-order valence-electron chi connectivity index (χ0n) is 12.3. The highest BCUT2D eigenvalue weighted by molar-refractivity contribution is 7.85. The van der Waals surface area contributed by atoms with Crippen LogP contribution in [0.4, 0.5) is 0 Å². The zero-order chi connectivity index (χ0) is 15.3. The molecule has 2 aromatic rings. The van der Waals surface area contributed by atoms with Crippen LogP contribution < -0.4 is 4.18 Å². The van der Waals surface area contributed by atoms with E-state index in [1.165, 1.54) is 12.5 Å². The van der Waals surface area contributed by atoms with E-state index in [1.54, 1.807) is 12.1 Å². The minimum Gasteiger partial charge on any atom is -0.366 e. The Bertz CT molecular complexity index is 675. The summed E-state index contributed by atoms with van der Waals surface area (Å²) < 4.78 is 30.4. The van der Waals surface area contributed by atoms with Crippen LogP contribution in [0.5, 0.6) is 5.75 Å². The minimum absolute atomic E-state index is 0.306. The molecule has 114 valence electrons. The summed E-state index contributed by atoms with van der Waals surface area (Å²) in [6.45, 7) is 4.11. The summed E-state index contributed by atoms with van der Waals surface area (Å²) in [6.07, 6.45) is 6.43. The second kappa shape index (κ2) is 6.76. The summed E-state index contributed by atoms with van der Waals surface area (Å²) in [5.41, 5.74) is 1.90. The first-order chi connectivity index (χ1) is 10.0. The third kappa shape index (κ3) is 4.07. The van der Waals surface area contributed by atoms with Crippen molar-refractivity contribution >= 4 is 10.3 Å².